The Kier molecular flexibility index (Phi) is 3.02. The predicted octanol–water partition coefficient (Wildman–Crippen LogP) is 0.0769. The van der Waals surface area contributed by atoms with Crippen molar-refractivity contribution in [2.75, 3.05) is 19.6 Å². The van der Waals surface area contributed by atoms with Crippen LogP contribution in [0, 0.1) is 0 Å². The fourth-order valence-electron chi connectivity index (χ4n) is 2.70. The lowest BCUT2D eigenvalue weighted by molar-refractivity contribution is -0.130. The summed E-state index contributed by atoms with van der Waals surface area (Å²) in [4.78, 5) is 17.5. The minimum Gasteiger partial charge on any atom is -0.337 e. The maximum atomic E-state index is 12.4. The van der Waals surface area contributed by atoms with Crippen LogP contribution in [0.3, 0.4) is 0 Å². The molecule has 0 aromatic carbocycles. The van der Waals surface area contributed by atoms with Gasteiger partial charge in [0.2, 0.25) is 15.9 Å². The summed E-state index contributed by atoms with van der Waals surface area (Å²) >= 11 is 0. The number of hydrogen-bond acceptors (Lipinski definition) is 4. The third-order valence-electron chi connectivity index (χ3n) is 3.73. The van der Waals surface area contributed by atoms with E-state index in [4.69, 9.17) is 0 Å². The Bertz CT molecular complexity index is 587. The monoisotopic (exact) mass is 281 g/mol. The van der Waals surface area contributed by atoms with Crippen LogP contribution < -0.4 is 0 Å². The van der Waals surface area contributed by atoms with Crippen LogP contribution in [0.2, 0.25) is 0 Å². The maximum Gasteiger partial charge on any atom is 0.244 e. The number of aromatic nitrogens is 1. The van der Waals surface area contributed by atoms with Crippen LogP contribution in [0.5, 0.6) is 0 Å². The van der Waals surface area contributed by atoms with E-state index in [1.165, 1.54) is 10.5 Å². The van der Waals surface area contributed by atoms with E-state index >= 15 is 0 Å². The summed E-state index contributed by atoms with van der Waals surface area (Å²) in [5, 5.41) is 0. The SMILES string of the molecule is O=C1CCC2CN(S(=O)(=O)c3cccnc3)CCN12. The minimum atomic E-state index is -3.49. The van der Waals surface area contributed by atoms with Gasteiger partial charge in [-0.25, -0.2) is 8.42 Å². The zero-order valence-corrected chi connectivity index (χ0v) is 11.2. The molecule has 3 rings (SSSR count). The molecule has 0 spiro atoms. The molecule has 1 aromatic rings. The van der Waals surface area contributed by atoms with Crippen LogP contribution in [-0.4, -0.2) is 54.2 Å². The molecule has 2 aliphatic heterocycles. The van der Waals surface area contributed by atoms with Gasteiger partial charge in [0.05, 0.1) is 0 Å². The van der Waals surface area contributed by atoms with Crippen LogP contribution in [0.1, 0.15) is 12.8 Å². The van der Waals surface area contributed by atoms with Gasteiger partial charge in [-0.2, -0.15) is 4.31 Å². The average Bonchev–Trinajstić information content (AvgIpc) is 2.81. The predicted molar refractivity (Wildman–Crippen MR) is 67.7 cm³/mol. The van der Waals surface area contributed by atoms with Crippen molar-refractivity contribution in [3.8, 4) is 0 Å². The van der Waals surface area contributed by atoms with Gasteiger partial charge in [-0.15, -0.1) is 0 Å². The van der Waals surface area contributed by atoms with Gasteiger partial charge in [-0.05, 0) is 18.6 Å². The van der Waals surface area contributed by atoms with Crippen molar-refractivity contribution >= 4 is 15.9 Å². The molecular formula is C12H15N3O3S. The van der Waals surface area contributed by atoms with Crippen molar-refractivity contribution in [2.24, 2.45) is 0 Å². The molecule has 0 bridgehead atoms. The molecule has 0 saturated carbocycles. The van der Waals surface area contributed by atoms with Crippen LogP contribution in [0.25, 0.3) is 0 Å². The molecule has 0 radical (unpaired) electrons. The summed E-state index contributed by atoms with van der Waals surface area (Å²) in [5.74, 6) is 0.142. The molecule has 2 fully saturated rings. The van der Waals surface area contributed by atoms with Crippen molar-refractivity contribution in [3.63, 3.8) is 0 Å². The van der Waals surface area contributed by atoms with Crippen LogP contribution >= 0.6 is 0 Å². The first-order chi connectivity index (χ1) is 9.09. The second-order valence-corrected chi connectivity index (χ2v) is 6.77. The van der Waals surface area contributed by atoms with Crippen molar-refractivity contribution in [2.45, 2.75) is 23.8 Å². The van der Waals surface area contributed by atoms with Gasteiger partial charge in [0.15, 0.2) is 0 Å². The fourth-order valence-corrected chi connectivity index (χ4v) is 4.14. The molecular weight excluding hydrogens is 266 g/mol. The molecule has 1 amide bonds. The lowest BCUT2D eigenvalue weighted by Crippen LogP contribution is -2.53. The zero-order valence-electron chi connectivity index (χ0n) is 10.4. The Morgan fingerprint density at radius 2 is 2.16 bits per heavy atom. The Morgan fingerprint density at radius 1 is 1.32 bits per heavy atom. The lowest BCUT2D eigenvalue weighted by atomic mass is 10.2. The Labute approximate surface area is 112 Å². The molecule has 19 heavy (non-hydrogen) atoms. The number of piperazine rings is 1. The third kappa shape index (κ3) is 2.12. The molecule has 0 N–H and O–H groups in total. The molecule has 0 aliphatic carbocycles. The Balaban J connectivity index is 1.83. The number of carbonyl (C=O) groups excluding carboxylic acids is 1. The number of hydrogen-bond donors (Lipinski definition) is 0. The number of pyridine rings is 1. The highest BCUT2D eigenvalue weighted by Crippen LogP contribution is 2.26. The molecule has 1 unspecified atom stereocenters. The Hall–Kier alpha value is -1.47. The van der Waals surface area contributed by atoms with E-state index in [2.05, 4.69) is 4.98 Å². The molecule has 1 aromatic heterocycles. The molecule has 6 nitrogen and oxygen atoms in total. The number of carbonyl (C=O) groups is 1. The van der Waals surface area contributed by atoms with E-state index in [9.17, 15) is 13.2 Å². The number of fused-ring (bicyclic) bond motifs is 1. The van der Waals surface area contributed by atoms with Gasteiger partial charge in [-0.3, -0.25) is 9.78 Å². The smallest absolute Gasteiger partial charge is 0.244 e. The number of rotatable bonds is 2. The highest BCUT2D eigenvalue weighted by Gasteiger charge is 2.39. The van der Waals surface area contributed by atoms with Crippen molar-refractivity contribution < 1.29 is 13.2 Å². The summed E-state index contributed by atoms with van der Waals surface area (Å²) < 4.78 is 26.3. The van der Waals surface area contributed by atoms with Crippen molar-refractivity contribution in [1.82, 2.24) is 14.2 Å². The van der Waals surface area contributed by atoms with Gasteiger partial charge in [0, 0.05) is 44.5 Å². The first-order valence-electron chi connectivity index (χ1n) is 6.29. The van der Waals surface area contributed by atoms with Gasteiger partial charge in [-0.1, -0.05) is 0 Å². The summed E-state index contributed by atoms with van der Waals surface area (Å²) in [6.45, 7) is 1.24. The van der Waals surface area contributed by atoms with Crippen LogP contribution in [0.15, 0.2) is 29.4 Å². The topological polar surface area (TPSA) is 70.6 Å². The first kappa shape index (κ1) is 12.6. The second kappa shape index (κ2) is 4.57. The van der Waals surface area contributed by atoms with Crippen LogP contribution in [-0.2, 0) is 14.8 Å². The van der Waals surface area contributed by atoms with E-state index in [-0.39, 0.29) is 16.8 Å². The van der Waals surface area contributed by atoms with Crippen LogP contribution in [0.4, 0.5) is 0 Å². The second-order valence-electron chi connectivity index (χ2n) is 4.83. The van der Waals surface area contributed by atoms with Gasteiger partial charge in [0.1, 0.15) is 4.90 Å². The molecule has 1 atom stereocenters. The number of sulfonamides is 1. The Morgan fingerprint density at radius 3 is 2.89 bits per heavy atom. The normalized spacial score (nSPS) is 24.5. The fraction of sp³-hybridized carbons (Fsp3) is 0.500. The van der Waals surface area contributed by atoms with E-state index in [1.54, 1.807) is 23.2 Å². The van der Waals surface area contributed by atoms with Gasteiger partial charge < -0.3 is 4.90 Å². The quantitative estimate of drug-likeness (QED) is 0.769. The lowest BCUT2D eigenvalue weighted by Gasteiger charge is -2.36. The summed E-state index contributed by atoms with van der Waals surface area (Å²) in [6, 6.07) is 3.20. The average molecular weight is 281 g/mol. The van der Waals surface area contributed by atoms with Crippen molar-refractivity contribution in [3.05, 3.63) is 24.5 Å². The summed E-state index contributed by atoms with van der Waals surface area (Å²) in [6.07, 6.45) is 4.19. The zero-order chi connectivity index (χ0) is 13.5. The largest absolute Gasteiger partial charge is 0.337 e. The van der Waals surface area contributed by atoms with E-state index in [0.717, 1.165) is 6.42 Å². The van der Waals surface area contributed by atoms with Gasteiger partial charge >= 0.3 is 0 Å². The summed E-state index contributed by atoms with van der Waals surface area (Å²) in [5.41, 5.74) is 0. The minimum absolute atomic E-state index is 0.0349. The highest BCUT2D eigenvalue weighted by molar-refractivity contribution is 7.89. The molecule has 2 aliphatic rings. The van der Waals surface area contributed by atoms with E-state index in [0.29, 0.717) is 26.1 Å². The maximum absolute atomic E-state index is 12.4. The van der Waals surface area contributed by atoms with Crippen molar-refractivity contribution in [1.29, 1.82) is 0 Å². The number of nitrogens with zero attached hydrogens (tertiary/aromatic N) is 3. The van der Waals surface area contributed by atoms with E-state index < -0.39 is 10.0 Å². The van der Waals surface area contributed by atoms with E-state index in [1.807, 2.05) is 0 Å². The molecule has 7 heteroatoms. The molecule has 3 heterocycles. The highest BCUT2D eigenvalue weighted by atomic mass is 32.2. The standard InChI is InChI=1S/C12H15N3O3S/c16-12-4-3-10-9-14(6-7-15(10)12)19(17,18)11-2-1-5-13-8-11/h1-2,5,8,10H,3-4,6-7,9H2. The first-order valence-corrected chi connectivity index (χ1v) is 7.73. The summed E-state index contributed by atoms with van der Waals surface area (Å²) in [7, 11) is -3.49. The molecule has 2 saturated heterocycles. The van der Waals surface area contributed by atoms with Gasteiger partial charge in [0.25, 0.3) is 0 Å². The molecule has 102 valence electrons. The third-order valence-corrected chi connectivity index (χ3v) is 5.58. The number of amides is 1.